The number of carbonyl (C=O) groups is 1. The van der Waals surface area contributed by atoms with Crippen LogP contribution < -0.4 is 11.1 Å². The molecule has 0 saturated heterocycles. The minimum absolute atomic E-state index is 0.236. The fourth-order valence-corrected chi connectivity index (χ4v) is 2.93. The molecular weight excluding hydrogens is 301 g/mol. The number of amides is 1. The Labute approximate surface area is 133 Å². The van der Waals surface area contributed by atoms with Crippen LogP contribution in [0.5, 0.6) is 0 Å². The van der Waals surface area contributed by atoms with Gasteiger partial charge in [-0.1, -0.05) is 32.0 Å². The number of halogens is 1. The third-order valence-corrected chi connectivity index (χ3v) is 4.08. The SMILES string of the molecule is CC(C)C[C@H](N)C(=O)Nc1ncc(Cc2ccccc2F)s1. The van der Waals surface area contributed by atoms with Crippen LogP contribution in [-0.2, 0) is 11.2 Å². The van der Waals surface area contributed by atoms with E-state index in [1.165, 1.54) is 17.4 Å². The number of thiazole rings is 1. The average Bonchev–Trinajstić information content (AvgIpc) is 2.88. The lowest BCUT2D eigenvalue weighted by Gasteiger charge is -2.12. The number of aromatic nitrogens is 1. The second kappa shape index (κ2) is 7.47. The molecule has 0 radical (unpaired) electrons. The average molecular weight is 321 g/mol. The number of nitrogens with one attached hydrogen (secondary N) is 1. The van der Waals surface area contributed by atoms with Gasteiger partial charge >= 0.3 is 0 Å². The minimum Gasteiger partial charge on any atom is -0.320 e. The molecule has 0 unspecified atom stereocenters. The third-order valence-electron chi connectivity index (χ3n) is 3.17. The Morgan fingerprint density at radius 3 is 2.82 bits per heavy atom. The molecular formula is C16H20FN3OS. The van der Waals surface area contributed by atoms with Gasteiger partial charge in [-0.05, 0) is 24.0 Å². The lowest BCUT2D eigenvalue weighted by molar-refractivity contribution is -0.117. The van der Waals surface area contributed by atoms with Crippen molar-refractivity contribution in [2.24, 2.45) is 11.7 Å². The number of hydrogen-bond donors (Lipinski definition) is 2. The topological polar surface area (TPSA) is 68.0 Å². The van der Waals surface area contributed by atoms with Gasteiger partial charge in [-0.2, -0.15) is 0 Å². The monoisotopic (exact) mass is 321 g/mol. The van der Waals surface area contributed by atoms with Gasteiger partial charge in [0.25, 0.3) is 0 Å². The highest BCUT2D eigenvalue weighted by molar-refractivity contribution is 7.15. The first-order valence-corrected chi connectivity index (χ1v) is 8.02. The molecule has 0 spiro atoms. The van der Waals surface area contributed by atoms with Crippen LogP contribution in [0.4, 0.5) is 9.52 Å². The molecule has 118 valence electrons. The van der Waals surface area contributed by atoms with Crippen LogP contribution in [0.3, 0.4) is 0 Å². The van der Waals surface area contributed by atoms with Crippen molar-refractivity contribution in [1.29, 1.82) is 0 Å². The number of benzene rings is 1. The molecule has 4 nitrogen and oxygen atoms in total. The Bertz CT molecular complexity index is 642. The Morgan fingerprint density at radius 1 is 1.41 bits per heavy atom. The zero-order valence-corrected chi connectivity index (χ0v) is 13.5. The summed E-state index contributed by atoms with van der Waals surface area (Å²) in [5.74, 6) is -0.116. The first-order valence-electron chi connectivity index (χ1n) is 7.20. The molecule has 1 amide bonds. The van der Waals surface area contributed by atoms with E-state index in [9.17, 15) is 9.18 Å². The zero-order valence-electron chi connectivity index (χ0n) is 12.7. The van der Waals surface area contributed by atoms with Crippen molar-refractivity contribution in [2.45, 2.75) is 32.7 Å². The summed E-state index contributed by atoms with van der Waals surface area (Å²) in [4.78, 5) is 17.0. The van der Waals surface area contributed by atoms with Crippen LogP contribution in [0.1, 0.15) is 30.7 Å². The maximum absolute atomic E-state index is 13.6. The van der Waals surface area contributed by atoms with Crippen molar-refractivity contribution in [3.8, 4) is 0 Å². The number of nitrogens with zero attached hydrogens (tertiary/aromatic N) is 1. The molecule has 1 aromatic carbocycles. The number of nitrogens with two attached hydrogens (primary N) is 1. The molecule has 3 N–H and O–H groups in total. The van der Waals surface area contributed by atoms with Gasteiger partial charge in [0.05, 0.1) is 6.04 Å². The van der Waals surface area contributed by atoms with Gasteiger partial charge < -0.3 is 11.1 Å². The number of anilines is 1. The summed E-state index contributed by atoms with van der Waals surface area (Å²) < 4.78 is 13.6. The fraction of sp³-hybridized carbons (Fsp3) is 0.375. The van der Waals surface area contributed by atoms with E-state index in [0.717, 1.165) is 4.88 Å². The first kappa shape index (κ1) is 16.6. The van der Waals surface area contributed by atoms with Crippen molar-refractivity contribution in [3.63, 3.8) is 0 Å². The van der Waals surface area contributed by atoms with Gasteiger partial charge in [0.1, 0.15) is 5.82 Å². The van der Waals surface area contributed by atoms with Gasteiger partial charge in [0.15, 0.2) is 5.13 Å². The standard InChI is InChI=1S/C16H20FN3OS/c1-10(2)7-14(18)15(21)20-16-19-9-12(22-16)8-11-5-3-4-6-13(11)17/h3-6,9-10,14H,7-8,18H2,1-2H3,(H,19,20,21)/t14-/m0/s1. The first-order chi connectivity index (χ1) is 10.5. The number of carbonyl (C=O) groups excluding carboxylic acids is 1. The van der Waals surface area contributed by atoms with E-state index in [4.69, 9.17) is 5.73 Å². The largest absolute Gasteiger partial charge is 0.320 e. The molecule has 1 aromatic heterocycles. The van der Waals surface area contributed by atoms with E-state index in [1.54, 1.807) is 24.4 Å². The molecule has 22 heavy (non-hydrogen) atoms. The minimum atomic E-state index is -0.543. The molecule has 6 heteroatoms. The predicted molar refractivity (Wildman–Crippen MR) is 87.4 cm³/mol. The highest BCUT2D eigenvalue weighted by atomic mass is 32.1. The Morgan fingerprint density at radius 2 is 2.14 bits per heavy atom. The van der Waals surface area contributed by atoms with Crippen LogP contribution in [-0.4, -0.2) is 16.9 Å². The van der Waals surface area contributed by atoms with Crippen molar-refractivity contribution in [2.75, 3.05) is 5.32 Å². The smallest absolute Gasteiger partial charge is 0.243 e. The summed E-state index contributed by atoms with van der Waals surface area (Å²) in [5.41, 5.74) is 6.44. The Hall–Kier alpha value is -1.79. The lowest BCUT2D eigenvalue weighted by Crippen LogP contribution is -2.36. The third kappa shape index (κ3) is 4.61. The molecule has 0 aliphatic heterocycles. The van der Waals surface area contributed by atoms with Gasteiger partial charge in [-0.3, -0.25) is 4.79 Å². The van der Waals surface area contributed by atoms with Gasteiger partial charge in [0.2, 0.25) is 5.91 Å². The number of rotatable bonds is 6. The normalized spacial score (nSPS) is 12.4. The van der Waals surface area contributed by atoms with E-state index in [0.29, 0.717) is 29.5 Å². The Kier molecular flexibility index (Phi) is 5.63. The van der Waals surface area contributed by atoms with Crippen molar-refractivity contribution in [1.82, 2.24) is 4.98 Å². The maximum atomic E-state index is 13.6. The lowest BCUT2D eigenvalue weighted by atomic mass is 10.0. The second-order valence-electron chi connectivity index (χ2n) is 5.63. The van der Waals surface area contributed by atoms with Gasteiger partial charge in [-0.15, -0.1) is 11.3 Å². The van der Waals surface area contributed by atoms with Crippen LogP contribution >= 0.6 is 11.3 Å². The van der Waals surface area contributed by atoms with Crippen molar-refractivity contribution >= 4 is 22.4 Å². The molecule has 0 fully saturated rings. The quantitative estimate of drug-likeness (QED) is 0.858. The van der Waals surface area contributed by atoms with Crippen LogP contribution in [0.2, 0.25) is 0 Å². The highest BCUT2D eigenvalue weighted by Gasteiger charge is 2.16. The van der Waals surface area contributed by atoms with Crippen LogP contribution in [0.15, 0.2) is 30.5 Å². The molecule has 2 rings (SSSR count). The summed E-state index contributed by atoms with van der Waals surface area (Å²) in [6, 6.07) is 6.09. The molecule has 0 aliphatic carbocycles. The van der Waals surface area contributed by atoms with E-state index in [1.807, 2.05) is 13.8 Å². The zero-order chi connectivity index (χ0) is 16.1. The molecule has 0 bridgehead atoms. The Balaban J connectivity index is 1.97. The van der Waals surface area contributed by atoms with Gasteiger partial charge in [0, 0.05) is 17.5 Å². The highest BCUT2D eigenvalue weighted by Crippen LogP contribution is 2.22. The number of hydrogen-bond acceptors (Lipinski definition) is 4. The second-order valence-corrected chi connectivity index (χ2v) is 6.74. The summed E-state index contributed by atoms with van der Waals surface area (Å²) in [6.45, 7) is 4.03. The van der Waals surface area contributed by atoms with Gasteiger partial charge in [-0.25, -0.2) is 9.37 Å². The molecule has 0 saturated carbocycles. The fourth-order valence-electron chi connectivity index (χ4n) is 2.09. The molecule has 0 aliphatic rings. The van der Waals surface area contributed by atoms with Crippen molar-refractivity contribution < 1.29 is 9.18 Å². The van der Waals surface area contributed by atoms with E-state index >= 15 is 0 Å². The molecule has 2 aromatic rings. The maximum Gasteiger partial charge on any atom is 0.243 e. The predicted octanol–water partition coefficient (Wildman–Crippen LogP) is 3.18. The molecule has 1 atom stereocenters. The molecule has 1 heterocycles. The van der Waals surface area contributed by atoms with Crippen LogP contribution in [0.25, 0.3) is 0 Å². The summed E-state index contributed by atoms with van der Waals surface area (Å²) in [5, 5.41) is 3.21. The van der Waals surface area contributed by atoms with E-state index < -0.39 is 6.04 Å². The van der Waals surface area contributed by atoms with E-state index in [2.05, 4.69) is 10.3 Å². The summed E-state index contributed by atoms with van der Waals surface area (Å²) >= 11 is 1.34. The summed E-state index contributed by atoms with van der Waals surface area (Å²) in [7, 11) is 0. The van der Waals surface area contributed by atoms with Crippen molar-refractivity contribution in [3.05, 3.63) is 46.7 Å². The van der Waals surface area contributed by atoms with Crippen LogP contribution in [0, 0.1) is 11.7 Å². The van der Waals surface area contributed by atoms with E-state index in [-0.39, 0.29) is 11.7 Å². The summed E-state index contributed by atoms with van der Waals surface area (Å²) in [6.07, 6.45) is 2.73.